The van der Waals surface area contributed by atoms with Gasteiger partial charge in [-0.15, -0.1) is 11.3 Å². The van der Waals surface area contributed by atoms with Crippen molar-refractivity contribution in [3.05, 3.63) is 15.6 Å². The van der Waals surface area contributed by atoms with E-state index < -0.39 is 0 Å². The smallest absolute Gasteiger partial charge is 0.315 e. The van der Waals surface area contributed by atoms with Crippen molar-refractivity contribution in [1.82, 2.24) is 15.6 Å². The normalized spacial score (nSPS) is 34.6. The molecule has 126 valence electrons. The highest BCUT2D eigenvalue weighted by Gasteiger charge is 2.53. The van der Waals surface area contributed by atoms with Crippen LogP contribution in [0.4, 0.5) is 4.79 Å². The summed E-state index contributed by atoms with van der Waals surface area (Å²) in [7, 11) is 0. The summed E-state index contributed by atoms with van der Waals surface area (Å²) in [5.41, 5.74) is 1.11. The van der Waals surface area contributed by atoms with E-state index in [4.69, 9.17) is 0 Å². The van der Waals surface area contributed by atoms with E-state index in [1.807, 2.05) is 13.8 Å². The summed E-state index contributed by atoms with van der Waals surface area (Å²) < 4.78 is 0. The molecule has 0 spiro atoms. The molecular weight excluding hydrogens is 306 g/mol. The Morgan fingerprint density at radius 3 is 2.83 bits per heavy atom. The molecule has 2 amide bonds. The van der Waals surface area contributed by atoms with Crippen LogP contribution in [-0.4, -0.2) is 23.6 Å². The van der Waals surface area contributed by atoms with Crippen LogP contribution in [0.3, 0.4) is 0 Å². The molecule has 5 heteroatoms. The number of rotatable bonds is 4. The van der Waals surface area contributed by atoms with Crippen LogP contribution in [0.25, 0.3) is 0 Å². The predicted molar refractivity (Wildman–Crippen MR) is 92.7 cm³/mol. The summed E-state index contributed by atoms with van der Waals surface area (Å²) >= 11 is 1.74. The van der Waals surface area contributed by atoms with Crippen molar-refractivity contribution in [2.75, 3.05) is 6.54 Å². The van der Waals surface area contributed by atoms with Gasteiger partial charge in [-0.1, -0.05) is 6.42 Å². The number of amides is 2. The fourth-order valence-electron chi connectivity index (χ4n) is 5.55. The molecule has 0 aromatic carbocycles. The number of hydrogen-bond donors (Lipinski definition) is 2. The fourth-order valence-corrected chi connectivity index (χ4v) is 6.49. The zero-order valence-electron chi connectivity index (χ0n) is 14.1. The van der Waals surface area contributed by atoms with E-state index in [1.54, 1.807) is 11.3 Å². The number of carbonyl (C=O) groups is 1. The van der Waals surface area contributed by atoms with Crippen molar-refractivity contribution in [2.45, 2.75) is 58.4 Å². The van der Waals surface area contributed by atoms with Gasteiger partial charge < -0.3 is 10.6 Å². The third kappa shape index (κ3) is 2.88. The number of aryl methyl sites for hydroxylation is 2. The van der Waals surface area contributed by atoms with Gasteiger partial charge in [0, 0.05) is 23.9 Å². The molecule has 4 rings (SSSR count). The molecule has 3 fully saturated rings. The van der Waals surface area contributed by atoms with Gasteiger partial charge in [-0.2, -0.15) is 0 Å². The monoisotopic (exact) mass is 333 g/mol. The van der Waals surface area contributed by atoms with Gasteiger partial charge in [-0.25, -0.2) is 9.78 Å². The van der Waals surface area contributed by atoms with Gasteiger partial charge in [0.2, 0.25) is 0 Å². The van der Waals surface area contributed by atoms with Gasteiger partial charge in [0.05, 0.1) is 10.7 Å². The Bertz CT molecular complexity index is 599. The minimum atomic E-state index is 0.0241. The first-order valence-electron chi connectivity index (χ1n) is 9.09. The SMILES string of the molecule is Cc1nc(C)c(CCNC(=O)N[C@@H]2C[C@H]3C[C@H]2[C@H]2CCC[C@@H]32)s1. The van der Waals surface area contributed by atoms with Crippen LogP contribution in [0.1, 0.15) is 47.7 Å². The number of urea groups is 1. The van der Waals surface area contributed by atoms with Gasteiger partial charge in [0.25, 0.3) is 0 Å². The van der Waals surface area contributed by atoms with Gasteiger partial charge in [0.1, 0.15) is 0 Å². The molecule has 3 aliphatic rings. The lowest BCUT2D eigenvalue weighted by Gasteiger charge is -2.32. The predicted octanol–water partition coefficient (Wildman–Crippen LogP) is 3.43. The van der Waals surface area contributed by atoms with Crippen molar-refractivity contribution in [3.63, 3.8) is 0 Å². The summed E-state index contributed by atoms with van der Waals surface area (Å²) in [6.45, 7) is 4.78. The van der Waals surface area contributed by atoms with E-state index in [-0.39, 0.29) is 6.03 Å². The summed E-state index contributed by atoms with van der Waals surface area (Å²) in [4.78, 5) is 17.9. The van der Waals surface area contributed by atoms with Crippen molar-refractivity contribution >= 4 is 17.4 Å². The molecule has 3 saturated carbocycles. The number of thiazole rings is 1. The third-order valence-electron chi connectivity index (χ3n) is 6.38. The second-order valence-electron chi connectivity index (χ2n) is 7.65. The number of carbonyl (C=O) groups excluding carboxylic acids is 1. The van der Waals surface area contributed by atoms with Crippen molar-refractivity contribution in [3.8, 4) is 0 Å². The van der Waals surface area contributed by atoms with Gasteiger partial charge in [-0.05, 0) is 63.2 Å². The van der Waals surface area contributed by atoms with Crippen LogP contribution in [0.5, 0.6) is 0 Å². The fraction of sp³-hybridized carbons (Fsp3) is 0.778. The van der Waals surface area contributed by atoms with Crippen LogP contribution in [0.2, 0.25) is 0 Å². The minimum Gasteiger partial charge on any atom is -0.338 e. The number of aromatic nitrogens is 1. The lowest BCUT2D eigenvalue weighted by Crippen LogP contribution is -2.47. The van der Waals surface area contributed by atoms with Crippen LogP contribution in [0.15, 0.2) is 0 Å². The van der Waals surface area contributed by atoms with Crippen LogP contribution >= 0.6 is 11.3 Å². The molecule has 4 nitrogen and oxygen atoms in total. The number of hydrogen-bond acceptors (Lipinski definition) is 3. The molecule has 1 aromatic heterocycles. The lowest BCUT2D eigenvalue weighted by atomic mass is 9.79. The first-order chi connectivity index (χ1) is 11.1. The molecule has 0 radical (unpaired) electrons. The Balaban J connectivity index is 1.24. The van der Waals surface area contributed by atoms with E-state index in [9.17, 15) is 4.79 Å². The Morgan fingerprint density at radius 2 is 2.04 bits per heavy atom. The highest BCUT2D eigenvalue weighted by Crippen LogP contribution is 2.58. The zero-order chi connectivity index (χ0) is 16.0. The molecule has 0 unspecified atom stereocenters. The Kier molecular flexibility index (Phi) is 4.08. The van der Waals surface area contributed by atoms with Gasteiger partial charge in [-0.3, -0.25) is 0 Å². The third-order valence-corrected chi connectivity index (χ3v) is 7.52. The van der Waals surface area contributed by atoms with E-state index in [0.29, 0.717) is 12.6 Å². The molecule has 3 aliphatic carbocycles. The van der Waals surface area contributed by atoms with Gasteiger partial charge in [0.15, 0.2) is 0 Å². The van der Waals surface area contributed by atoms with Gasteiger partial charge >= 0.3 is 6.03 Å². The van der Waals surface area contributed by atoms with Crippen molar-refractivity contribution in [2.24, 2.45) is 23.7 Å². The van der Waals surface area contributed by atoms with Crippen LogP contribution in [-0.2, 0) is 6.42 Å². The van der Waals surface area contributed by atoms with Crippen LogP contribution in [0, 0.1) is 37.5 Å². The number of nitrogens with one attached hydrogen (secondary N) is 2. The highest BCUT2D eigenvalue weighted by atomic mass is 32.1. The van der Waals surface area contributed by atoms with E-state index >= 15 is 0 Å². The van der Waals surface area contributed by atoms with E-state index in [2.05, 4.69) is 15.6 Å². The number of fused-ring (bicyclic) bond motifs is 5. The molecule has 2 N–H and O–H groups in total. The molecular formula is C18H27N3OS. The summed E-state index contributed by atoms with van der Waals surface area (Å²) in [5.74, 6) is 3.53. The Hall–Kier alpha value is -1.10. The Morgan fingerprint density at radius 1 is 1.22 bits per heavy atom. The zero-order valence-corrected chi connectivity index (χ0v) is 14.9. The standard InChI is InChI=1S/C18H27N3OS/c1-10-17(23-11(2)20-10)6-7-19-18(22)21-16-9-12-8-15(16)14-5-3-4-13(12)14/h12-16H,3-9H2,1-2H3,(H2,19,21,22)/t12-,13+,14+,15+,16-/m1/s1. The molecule has 23 heavy (non-hydrogen) atoms. The maximum Gasteiger partial charge on any atom is 0.315 e. The summed E-state index contributed by atoms with van der Waals surface area (Å²) in [6, 6.07) is 0.447. The average molecular weight is 334 g/mol. The molecule has 1 heterocycles. The molecule has 5 atom stereocenters. The first kappa shape index (κ1) is 15.4. The lowest BCUT2D eigenvalue weighted by molar-refractivity contribution is 0.198. The largest absolute Gasteiger partial charge is 0.338 e. The molecule has 2 bridgehead atoms. The molecule has 0 aliphatic heterocycles. The average Bonchev–Trinajstić information content (AvgIpc) is 3.21. The Labute approximate surface area is 142 Å². The second kappa shape index (κ2) is 6.08. The topological polar surface area (TPSA) is 54.0 Å². The van der Waals surface area contributed by atoms with E-state index in [0.717, 1.165) is 40.8 Å². The maximum absolute atomic E-state index is 12.2. The van der Waals surface area contributed by atoms with E-state index in [1.165, 1.54) is 37.0 Å². The molecule has 1 aromatic rings. The first-order valence-corrected chi connectivity index (χ1v) is 9.90. The highest BCUT2D eigenvalue weighted by molar-refractivity contribution is 7.11. The maximum atomic E-state index is 12.2. The second-order valence-corrected chi connectivity index (χ2v) is 8.94. The van der Waals surface area contributed by atoms with Crippen LogP contribution < -0.4 is 10.6 Å². The number of nitrogens with zero attached hydrogens (tertiary/aromatic N) is 1. The summed E-state index contributed by atoms with van der Waals surface area (Å²) in [5, 5.41) is 7.42. The van der Waals surface area contributed by atoms with Crippen molar-refractivity contribution < 1.29 is 4.79 Å². The minimum absolute atomic E-state index is 0.0241. The van der Waals surface area contributed by atoms with Crippen molar-refractivity contribution in [1.29, 1.82) is 0 Å². The summed E-state index contributed by atoms with van der Waals surface area (Å²) in [6.07, 6.45) is 7.71. The quantitative estimate of drug-likeness (QED) is 0.887. The molecule has 0 saturated heterocycles.